The van der Waals surface area contributed by atoms with Crippen molar-refractivity contribution in [1.29, 1.82) is 0 Å². The highest BCUT2D eigenvalue weighted by molar-refractivity contribution is 6.26. The molecular weight excluding hydrogens is 236 g/mol. The molecule has 0 saturated heterocycles. The van der Waals surface area contributed by atoms with Crippen LogP contribution in [0.15, 0.2) is 24.3 Å². The number of fused-ring (bicyclic) bond motifs is 1. The van der Waals surface area contributed by atoms with Crippen molar-refractivity contribution < 1.29 is 9.59 Å². The molecule has 0 heterocycles. The Morgan fingerprint density at radius 2 is 1.58 bits per heavy atom. The van der Waals surface area contributed by atoms with Crippen molar-refractivity contribution in [3.8, 4) is 0 Å². The number of carbonyl (C=O) groups excluding carboxylic acids is 2. The molecule has 0 aliphatic heterocycles. The van der Waals surface area contributed by atoms with Crippen LogP contribution in [0.3, 0.4) is 0 Å². The highest BCUT2D eigenvalue weighted by Crippen LogP contribution is 2.33. The van der Waals surface area contributed by atoms with Gasteiger partial charge in [-0.3, -0.25) is 9.59 Å². The molecule has 0 bridgehead atoms. The monoisotopic (exact) mass is 258 g/mol. The number of carbonyl (C=O) groups is 2. The van der Waals surface area contributed by atoms with Crippen LogP contribution in [-0.4, -0.2) is 11.6 Å². The number of hydrogen-bond donors (Lipinski definition) is 0. The lowest BCUT2D eigenvalue weighted by Crippen LogP contribution is -2.23. The summed E-state index contributed by atoms with van der Waals surface area (Å²) in [6, 6.07) is 7.22. The van der Waals surface area contributed by atoms with E-state index in [1.807, 2.05) is 19.1 Å². The Balaban J connectivity index is 2.03. The van der Waals surface area contributed by atoms with Crippen LogP contribution < -0.4 is 0 Å². The van der Waals surface area contributed by atoms with Gasteiger partial charge in [0.25, 0.3) is 0 Å². The predicted molar refractivity (Wildman–Crippen MR) is 76.5 cm³/mol. The first-order chi connectivity index (χ1) is 9.16. The van der Waals surface area contributed by atoms with E-state index in [0.29, 0.717) is 11.1 Å². The van der Waals surface area contributed by atoms with E-state index < -0.39 is 5.92 Å². The quantitative estimate of drug-likeness (QED) is 0.563. The summed E-state index contributed by atoms with van der Waals surface area (Å²) in [4.78, 5) is 24.6. The number of hydrogen-bond acceptors (Lipinski definition) is 2. The van der Waals surface area contributed by atoms with Crippen molar-refractivity contribution >= 4 is 11.6 Å². The number of rotatable bonds is 6. The summed E-state index contributed by atoms with van der Waals surface area (Å²) in [6.45, 7) is 4.22. The fourth-order valence-corrected chi connectivity index (χ4v) is 2.94. The van der Waals surface area contributed by atoms with Crippen LogP contribution in [-0.2, 0) is 0 Å². The summed E-state index contributed by atoms with van der Waals surface area (Å²) in [5.41, 5.74) is 1.25. The molecule has 2 heteroatoms. The second-order valence-electron chi connectivity index (χ2n) is 5.58. The molecular formula is C17H22O2. The molecule has 1 aromatic rings. The van der Waals surface area contributed by atoms with Gasteiger partial charge in [0.15, 0.2) is 11.6 Å². The molecule has 1 unspecified atom stereocenters. The Morgan fingerprint density at radius 1 is 1.00 bits per heavy atom. The Bertz CT molecular complexity index is 441. The van der Waals surface area contributed by atoms with Crippen LogP contribution >= 0.6 is 0 Å². The smallest absolute Gasteiger partial charge is 0.174 e. The molecule has 0 saturated carbocycles. The third-order valence-electron chi connectivity index (χ3n) is 4.10. The molecule has 19 heavy (non-hydrogen) atoms. The van der Waals surface area contributed by atoms with Gasteiger partial charge in [0, 0.05) is 11.1 Å². The van der Waals surface area contributed by atoms with Crippen LogP contribution in [0.5, 0.6) is 0 Å². The van der Waals surface area contributed by atoms with Crippen molar-refractivity contribution in [2.45, 2.75) is 46.0 Å². The lowest BCUT2D eigenvalue weighted by molar-refractivity contribution is 0.0785. The van der Waals surface area contributed by atoms with Crippen molar-refractivity contribution in [2.75, 3.05) is 0 Å². The molecule has 0 spiro atoms. The average Bonchev–Trinajstić information content (AvgIpc) is 2.68. The van der Waals surface area contributed by atoms with E-state index in [9.17, 15) is 9.59 Å². The van der Waals surface area contributed by atoms with E-state index in [0.717, 1.165) is 12.8 Å². The Labute approximate surface area is 115 Å². The fraction of sp³-hybridized carbons (Fsp3) is 0.529. The molecule has 0 aromatic heterocycles. The minimum Gasteiger partial charge on any atom is -0.293 e. The molecule has 0 radical (unpaired) electrons. The standard InChI is InChI=1S/C17H22O2/c1-3-4-5-6-9-12(2)15-16(18)13-10-7-8-11-14(13)17(15)19/h7-8,10-12,15H,3-6,9H2,1-2H3. The summed E-state index contributed by atoms with van der Waals surface area (Å²) < 4.78 is 0. The SMILES string of the molecule is CCCCCCC(C)C1C(=O)c2ccccc2C1=O. The number of Topliss-reactive ketones (excluding diaryl/α,β-unsaturated/α-hetero) is 2. The average molecular weight is 258 g/mol. The van der Waals surface area contributed by atoms with Gasteiger partial charge >= 0.3 is 0 Å². The summed E-state index contributed by atoms with van der Waals surface area (Å²) in [6.07, 6.45) is 5.72. The fourth-order valence-electron chi connectivity index (χ4n) is 2.94. The predicted octanol–water partition coefficient (Wildman–Crippen LogP) is 4.29. The molecule has 1 atom stereocenters. The van der Waals surface area contributed by atoms with Crippen LogP contribution in [0, 0.1) is 11.8 Å². The number of ketones is 2. The number of unbranched alkanes of at least 4 members (excludes halogenated alkanes) is 3. The Kier molecular flexibility index (Phi) is 4.52. The Morgan fingerprint density at radius 3 is 2.11 bits per heavy atom. The first-order valence-corrected chi connectivity index (χ1v) is 7.34. The van der Waals surface area contributed by atoms with Gasteiger partial charge in [0.1, 0.15) is 0 Å². The van der Waals surface area contributed by atoms with Gasteiger partial charge in [-0.25, -0.2) is 0 Å². The van der Waals surface area contributed by atoms with Crippen molar-refractivity contribution in [3.63, 3.8) is 0 Å². The summed E-state index contributed by atoms with van der Waals surface area (Å²) in [5.74, 6) is -0.213. The van der Waals surface area contributed by atoms with Gasteiger partial charge in [-0.1, -0.05) is 63.8 Å². The van der Waals surface area contributed by atoms with E-state index in [1.54, 1.807) is 12.1 Å². The summed E-state index contributed by atoms with van der Waals surface area (Å²) in [5, 5.41) is 0. The minimum absolute atomic E-state index is 0.0311. The van der Waals surface area contributed by atoms with E-state index in [4.69, 9.17) is 0 Å². The third-order valence-corrected chi connectivity index (χ3v) is 4.10. The Hall–Kier alpha value is -1.44. The van der Waals surface area contributed by atoms with E-state index in [2.05, 4.69) is 6.92 Å². The van der Waals surface area contributed by atoms with Gasteiger partial charge in [-0.2, -0.15) is 0 Å². The van der Waals surface area contributed by atoms with Gasteiger partial charge in [-0.05, 0) is 12.3 Å². The molecule has 2 nitrogen and oxygen atoms in total. The third kappa shape index (κ3) is 2.78. The molecule has 1 aromatic carbocycles. The molecule has 2 rings (SSSR count). The van der Waals surface area contributed by atoms with Crippen LogP contribution in [0.1, 0.15) is 66.7 Å². The van der Waals surface area contributed by atoms with Crippen LogP contribution in [0.2, 0.25) is 0 Å². The van der Waals surface area contributed by atoms with Crippen molar-refractivity contribution in [1.82, 2.24) is 0 Å². The molecule has 1 aliphatic rings. The highest BCUT2D eigenvalue weighted by Gasteiger charge is 2.40. The lowest BCUT2D eigenvalue weighted by atomic mass is 9.85. The normalized spacial score (nSPS) is 16.7. The van der Waals surface area contributed by atoms with Gasteiger partial charge in [0.05, 0.1) is 5.92 Å². The maximum atomic E-state index is 12.3. The highest BCUT2D eigenvalue weighted by atomic mass is 16.2. The maximum absolute atomic E-state index is 12.3. The number of benzene rings is 1. The topological polar surface area (TPSA) is 34.1 Å². The molecule has 0 fully saturated rings. The van der Waals surface area contributed by atoms with E-state index >= 15 is 0 Å². The zero-order chi connectivity index (χ0) is 13.8. The second kappa shape index (κ2) is 6.14. The van der Waals surface area contributed by atoms with Crippen molar-refractivity contribution in [2.24, 2.45) is 11.8 Å². The lowest BCUT2D eigenvalue weighted by Gasteiger charge is -2.16. The molecule has 1 aliphatic carbocycles. The zero-order valence-corrected chi connectivity index (χ0v) is 11.8. The van der Waals surface area contributed by atoms with Gasteiger partial charge in [-0.15, -0.1) is 0 Å². The first kappa shape index (κ1) is 14.0. The second-order valence-corrected chi connectivity index (χ2v) is 5.58. The summed E-state index contributed by atoms with van der Waals surface area (Å²) in [7, 11) is 0. The summed E-state index contributed by atoms with van der Waals surface area (Å²) >= 11 is 0. The molecule has 0 amide bonds. The maximum Gasteiger partial charge on any atom is 0.174 e. The van der Waals surface area contributed by atoms with Crippen LogP contribution in [0.25, 0.3) is 0 Å². The van der Waals surface area contributed by atoms with Crippen LogP contribution in [0.4, 0.5) is 0 Å². The van der Waals surface area contributed by atoms with Gasteiger partial charge < -0.3 is 0 Å². The minimum atomic E-state index is -0.431. The zero-order valence-electron chi connectivity index (χ0n) is 11.8. The first-order valence-electron chi connectivity index (χ1n) is 7.34. The largest absolute Gasteiger partial charge is 0.293 e. The van der Waals surface area contributed by atoms with E-state index in [-0.39, 0.29) is 17.5 Å². The molecule has 102 valence electrons. The van der Waals surface area contributed by atoms with Gasteiger partial charge in [0.2, 0.25) is 0 Å². The van der Waals surface area contributed by atoms with E-state index in [1.165, 1.54) is 19.3 Å². The van der Waals surface area contributed by atoms with Crippen molar-refractivity contribution in [3.05, 3.63) is 35.4 Å². The molecule has 0 N–H and O–H groups in total.